The van der Waals surface area contributed by atoms with E-state index in [4.69, 9.17) is 5.11 Å². The molecule has 0 saturated carbocycles. The Hall–Kier alpha value is -1.92. The molecule has 0 saturated heterocycles. The number of aliphatic hydroxyl groups excluding tert-OH is 1. The average Bonchev–Trinajstić information content (AvgIpc) is 2.42. The minimum Gasteiger partial charge on any atom is -0.392 e. The van der Waals surface area contributed by atoms with E-state index in [1.54, 1.807) is 26.0 Å². The Morgan fingerprint density at radius 3 is 2.43 bits per heavy atom. The van der Waals surface area contributed by atoms with Crippen molar-refractivity contribution in [2.24, 2.45) is 0 Å². The first-order valence-corrected chi connectivity index (χ1v) is 7.81. The van der Waals surface area contributed by atoms with Crippen LogP contribution in [0.4, 0.5) is 10.1 Å². The van der Waals surface area contributed by atoms with Crippen LogP contribution in [0, 0.1) is 19.7 Å². The van der Waals surface area contributed by atoms with Crippen molar-refractivity contribution >= 4 is 15.7 Å². The van der Waals surface area contributed by atoms with Gasteiger partial charge in [0.15, 0.2) is 0 Å². The summed E-state index contributed by atoms with van der Waals surface area (Å²) in [4.78, 5) is 0.0952. The lowest BCUT2D eigenvalue weighted by Crippen LogP contribution is -2.15. The molecule has 0 aliphatic carbocycles. The molecule has 0 fully saturated rings. The zero-order valence-electron chi connectivity index (χ0n) is 11.7. The predicted molar refractivity (Wildman–Crippen MR) is 79.0 cm³/mol. The van der Waals surface area contributed by atoms with Gasteiger partial charge in [0, 0.05) is 0 Å². The first-order valence-electron chi connectivity index (χ1n) is 6.33. The molecule has 2 aromatic rings. The van der Waals surface area contributed by atoms with Gasteiger partial charge in [-0.1, -0.05) is 12.1 Å². The van der Waals surface area contributed by atoms with Gasteiger partial charge in [0.2, 0.25) is 0 Å². The Labute approximate surface area is 123 Å². The van der Waals surface area contributed by atoms with Crippen LogP contribution in [-0.2, 0) is 16.6 Å². The molecule has 0 radical (unpaired) electrons. The number of hydrogen-bond donors (Lipinski definition) is 2. The Morgan fingerprint density at radius 2 is 1.81 bits per heavy atom. The van der Waals surface area contributed by atoms with Gasteiger partial charge in [-0.3, -0.25) is 4.72 Å². The van der Waals surface area contributed by atoms with Crippen LogP contribution in [-0.4, -0.2) is 13.5 Å². The first kappa shape index (κ1) is 15.5. The summed E-state index contributed by atoms with van der Waals surface area (Å²) in [6, 6.07) is 8.57. The summed E-state index contributed by atoms with van der Waals surface area (Å²) in [6.45, 7) is 3.06. The van der Waals surface area contributed by atoms with Gasteiger partial charge >= 0.3 is 0 Å². The second-order valence-corrected chi connectivity index (χ2v) is 6.47. The molecule has 0 bridgehead atoms. The van der Waals surface area contributed by atoms with E-state index in [0.29, 0.717) is 22.4 Å². The monoisotopic (exact) mass is 309 g/mol. The Morgan fingerprint density at radius 1 is 1.10 bits per heavy atom. The average molecular weight is 309 g/mol. The van der Waals surface area contributed by atoms with Crippen molar-refractivity contribution in [1.82, 2.24) is 0 Å². The van der Waals surface area contributed by atoms with E-state index in [1.807, 2.05) is 0 Å². The van der Waals surface area contributed by atoms with Crippen molar-refractivity contribution in [3.63, 3.8) is 0 Å². The van der Waals surface area contributed by atoms with E-state index in [1.165, 1.54) is 24.3 Å². The highest BCUT2D eigenvalue weighted by atomic mass is 32.2. The Kier molecular flexibility index (Phi) is 4.29. The number of hydrogen-bond acceptors (Lipinski definition) is 3. The summed E-state index contributed by atoms with van der Waals surface area (Å²) < 4.78 is 40.4. The van der Waals surface area contributed by atoms with Gasteiger partial charge in [-0.25, -0.2) is 12.8 Å². The van der Waals surface area contributed by atoms with Gasteiger partial charge in [0.05, 0.1) is 17.2 Å². The molecule has 2 rings (SSSR count). The quantitative estimate of drug-likeness (QED) is 0.912. The summed E-state index contributed by atoms with van der Waals surface area (Å²) in [5.41, 5.74) is 1.90. The van der Waals surface area contributed by atoms with E-state index < -0.39 is 15.8 Å². The van der Waals surface area contributed by atoms with Crippen molar-refractivity contribution in [3.05, 3.63) is 58.9 Å². The van der Waals surface area contributed by atoms with Crippen LogP contribution in [0.3, 0.4) is 0 Å². The van der Waals surface area contributed by atoms with Gasteiger partial charge < -0.3 is 5.11 Å². The van der Waals surface area contributed by atoms with Gasteiger partial charge in [-0.05, 0) is 54.8 Å². The molecule has 0 aliphatic heterocycles. The van der Waals surface area contributed by atoms with Gasteiger partial charge in [0.1, 0.15) is 5.82 Å². The highest BCUT2D eigenvalue weighted by molar-refractivity contribution is 7.92. The van der Waals surface area contributed by atoms with E-state index in [2.05, 4.69) is 4.72 Å². The van der Waals surface area contributed by atoms with Crippen molar-refractivity contribution in [2.45, 2.75) is 25.3 Å². The molecule has 0 unspecified atom stereocenters. The number of anilines is 1. The van der Waals surface area contributed by atoms with Crippen molar-refractivity contribution in [1.29, 1.82) is 0 Å². The Balaban J connectivity index is 2.43. The molecule has 21 heavy (non-hydrogen) atoms. The molecule has 0 heterocycles. The number of aliphatic hydroxyl groups is 1. The third-order valence-electron chi connectivity index (χ3n) is 3.16. The third-order valence-corrected chi connectivity index (χ3v) is 4.66. The van der Waals surface area contributed by atoms with Crippen LogP contribution < -0.4 is 4.72 Å². The lowest BCUT2D eigenvalue weighted by atomic mass is 10.2. The second-order valence-electron chi connectivity index (χ2n) is 4.82. The molecule has 0 aliphatic rings. The molecular formula is C15H16FNO3S. The molecule has 6 heteroatoms. The maximum atomic E-state index is 13.1. The topological polar surface area (TPSA) is 66.4 Å². The summed E-state index contributed by atoms with van der Waals surface area (Å²) >= 11 is 0. The van der Waals surface area contributed by atoms with E-state index in [-0.39, 0.29) is 11.5 Å². The van der Waals surface area contributed by atoms with Crippen molar-refractivity contribution in [2.75, 3.05) is 4.72 Å². The number of benzene rings is 2. The molecular weight excluding hydrogens is 293 g/mol. The van der Waals surface area contributed by atoms with Crippen LogP contribution in [0.2, 0.25) is 0 Å². The minimum absolute atomic E-state index is 0.0952. The van der Waals surface area contributed by atoms with Crippen molar-refractivity contribution in [3.8, 4) is 0 Å². The lowest BCUT2D eigenvalue weighted by molar-refractivity contribution is 0.281. The standard InChI is InChI=1S/C15H16FNO3S/c1-10-3-4-12(9-18)8-15(10)21(19,20)17-14-6-5-13(16)7-11(14)2/h3-8,17-18H,9H2,1-2H3. The predicted octanol–water partition coefficient (Wildman–Crippen LogP) is 2.74. The first-order chi connectivity index (χ1) is 9.83. The van der Waals surface area contributed by atoms with Crippen LogP contribution >= 0.6 is 0 Å². The summed E-state index contributed by atoms with van der Waals surface area (Å²) in [5.74, 6) is -0.422. The number of halogens is 1. The molecule has 0 spiro atoms. The normalized spacial score (nSPS) is 11.4. The highest BCUT2D eigenvalue weighted by Crippen LogP contribution is 2.23. The molecule has 0 atom stereocenters. The van der Waals surface area contributed by atoms with Crippen LogP contribution in [0.25, 0.3) is 0 Å². The van der Waals surface area contributed by atoms with Crippen LogP contribution in [0.5, 0.6) is 0 Å². The summed E-state index contributed by atoms with van der Waals surface area (Å²) in [6.07, 6.45) is 0. The number of rotatable bonds is 4. The number of sulfonamides is 1. The molecule has 0 amide bonds. The fraction of sp³-hybridized carbons (Fsp3) is 0.200. The molecule has 0 aromatic heterocycles. The minimum atomic E-state index is -3.80. The fourth-order valence-electron chi connectivity index (χ4n) is 1.97. The SMILES string of the molecule is Cc1cc(F)ccc1NS(=O)(=O)c1cc(CO)ccc1C. The second kappa shape index (κ2) is 5.83. The summed E-state index contributed by atoms with van der Waals surface area (Å²) in [7, 11) is -3.80. The van der Waals surface area contributed by atoms with Gasteiger partial charge in [-0.2, -0.15) is 0 Å². The molecule has 2 N–H and O–H groups in total. The smallest absolute Gasteiger partial charge is 0.262 e. The maximum absolute atomic E-state index is 13.1. The molecule has 112 valence electrons. The van der Waals surface area contributed by atoms with Crippen molar-refractivity contribution < 1.29 is 17.9 Å². The molecule has 4 nitrogen and oxygen atoms in total. The highest BCUT2D eigenvalue weighted by Gasteiger charge is 2.18. The van der Waals surface area contributed by atoms with E-state index in [0.717, 1.165) is 0 Å². The maximum Gasteiger partial charge on any atom is 0.262 e. The number of nitrogens with one attached hydrogen (secondary N) is 1. The fourth-order valence-corrected chi connectivity index (χ4v) is 3.40. The zero-order valence-corrected chi connectivity index (χ0v) is 12.5. The lowest BCUT2D eigenvalue weighted by Gasteiger charge is -2.13. The summed E-state index contributed by atoms with van der Waals surface area (Å²) in [5, 5.41) is 9.13. The largest absolute Gasteiger partial charge is 0.392 e. The number of aryl methyl sites for hydroxylation is 2. The van der Waals surface area contributed by atoms with Gasteiger partial charge in [0.25, 0.3) is 10.0 Å². The third kappa shape index (κ3) is 3.40. The molecule has 2 aromatic carbocycles. The van der Waals surface area contributed by atoms with Crippen LogP contribution in [0.15, 0.2) is 41.3 Å². The van der Waals surface area contributed by atoms with E-state index in [9.17, 15) is 12.8 Å². The van der Waals surface area contributed by atoms with E-state index >= 15 is 0 Å². The van der Waals surface area contributed by atoms with Gasteiger partial charge in [-0.15, -0.1) is 0 Å². The zero-order chi connectivity index (χ0) is 15.6. The Bertz CT molecular complexity index is 772. The van der Waals surface area contributed by atoms with Crippen LogP contribution in [0.1, 0.15) is 16.7 Å².